The number of piperidine rings is 1. The van der Waals surface area contributed by atoms with E-state index in [0.717, 1.165) is 50.4 Å². The van der Waals surface area contributed by atoms with Crippen LogP contribution < -0.4 is 4.90 Å². The minimum absolute atomic E-state index is 0.138. The molecular formula is C18H25ClN2O2. The summed E-state index contributed by atoms with van der Waals surface area (Å²) in [5, 5.41) is 0.767. The van der Waals surface area contributed by atoms with Gasteiger partial charge < -0.3 is 14.5 Å². The Morgan fingerprint density at radius 3 is 2.57 bits per heavy atom. The number of benzene rings is 1. The number of carbonyl (C=O) groups excluding carboxylic acids is 1. The zero-order valence-electron chi connectivity index (χ0n) is 13.7. The van der Waals surface area contributed by atoms with E-state index in [1.807, 2.05) is 24.1 Å². The Labute approximate surface area is 143 Å². The van der Waals surface area contributed by atoms with E-state index in [1.165, 1.54) is 5.69 Å². The molecule has 23 heavy (non-hydrogen) atoms. The largest absolute Gasteiger partial charge is 0.378 e. The molecular weight excluding hydrogens is 312 g/mol. The van der Waals surface area contributed by atoms with Crippen LogP contribution in [0.2, 0.25) is 5.02 Å². The molecule has 1 aromatic rings. The van der Waals surface area contributed by atoms with E-state index in [9.17, 15) is 4.79 Å². The number of carbonyl (C=O) groups is 1. The molecule has 2 aliphatic heterocycles. The first-order chi connectivity index (χ1) is 11.1. The van der Waals surface area contributed by atoms with Crippen LogP contribution in [0.15, 0.2) is 24.3 Å². The third kappa shape index (κ3) is 4.18. The van der Waals surface area contributed by atoms with E-state index in [2.05, 4.69) is 17.0 Å². The quantitative estimate of drug-likeness (QED) is 0.845. The van der Waals surface area contributed by atoms with Crippen molar-refractivity contribution in [1.29, 1.82) is 0 Å². The highest BCUT2D eigenvalue weighted by Gasteiger charge is 2.28. The lowest BCUT2D eigenvalue weighted by Crippen LogP contribution is -2.46. The fraction of sp³-hybridized carbons (Fsp3) is 0.611. The highest BCUT2D eigenvalue weighted by Crippen LogP contribution is 2.24. The average molecular weight is 337 g/mol. The Morgan fingerprint density at radius 1 is 1.26 bits per heavy atom. The Morgan fingerprint density at radius 2 is 1.96 bits per heavy atom. The number of halogens is 1. The molecule has 0 aromatic heterocycles. The van der Waals surface area contributed by atoms with Crippen LogP contribution >= 0.6 is 11.6 Å². The molecule has 2 aliphatic rings. The third-order valence-electron chi connectivity index (χ3n) is 5.02. The number of anilines is 1. The van der Waals surface area contributed by atoms with Crippen molar-refractivity contribution in [3.63, 3.8) is 0 Å². The zero-order chi connectivity index (χ0) is 16.2. The lowest BCUT2D eigenvalue weighted by Gasteiger charge is -2.38. The molecule has 0 unspecified atom stereocenters. The fourth-order valence-corrected chi connectivity index (χ4v) is 3.64. The van der Waals surface area contributed by atoms with Crippen molar-refractivity contribution in [2.24, 2.45) is 0 Å². The molecule has 1 aromatic carbocycles. The summed E-state index contributed by atoms with van der Waals surface area (Å²) in [6.45, 7) is 2.76. The second kappa shape index (κ2) is 7.54. The molecule has 4 nitrogen and oxygen atoms in total. The number of nitrogens with zero attached hydrogens (tertiary/aromatic N) is 2. The van der Waals surface area contributed by atoms with Crippen molar-refractivity contribution in [3.05, 3.63) is 29.3 Å². The van der Waals surface area contributed by atoms with Gasteiger partial charge in [0.25, 0.3) is 0 Å². The lowest BCUT2D eigenvalue weighted by atomic mass is 10.0. The molecule has 2 heterocycles. The minimum Gasteiger partial charge on any atom is -0.378 e. The van der Waals surface area contributed by atoms with Crippen molar-refractivity contribution < 1.29 is 9.53 Å². The fourth-order valence-electron chi connectivity index (χ4n) is 3.51. The van der Waals surface area contributed by atoms with Crippen LogP contribution in [-0.2, 0) is 9.53 Å². The number of amides is 1. The Balaban J connectivity index is 1.49. The zero-order valence-corrected chi connectivity index (χ0v) is 14.5. The van der Waals surface area contributed by atoms with Gasteiger partial charge in [-0.3, -0.25) is 4.79 Å². The third-order valence-corrected chi connectivity index (χ3v) is 5.28. The van der Waals surface area contributed by atoms with E-state index in [1.54, 1.807) is 0 Å². The predicted molar refractivity (Wildman–Crippen MR) is 93.0 cm³/mol. The minimum atomic E-state index is 0.138. The Kier molecular flexibility index (Phi) is 5.44. The van der Waals surface area contributed by atoms with E-state index < -0.39 is 0 Å². The Bertz CT molecular complexity index is 520. The summed E-state index contributed by atoms with van der Waals surface area (Å²) < 4.78 is 5.58. The van der Waals surface area contributed by atoms with Crippen LogP contribution in [0.5, 0.6) is 0 Å². The summed E-state index contributed by atoms with van der Waals surface area (Å²) in [5.41, 5.74) is 1.21. The molecule has 2 fully saturated rings. The highest BCUT2D eigenvalue weighted by molar-refractivity contribution is 6.30. The molecule has 0 spiro atoms. The van der Waals surface area contributed by atoms with E-state index in [-0.39, 0.29) is 12.0 Å². The molecule has 0 bridgehead atoms. The molecule has 1 atom stereocenters. The first-order valence-corrected chi connectivity index (χ1v) is 8.89. The normalized spacial score (nSPS) is 22.3. The Hall–Kier alpha value is -1.26. The van der Waals surface area contributed by atoms with Crippen LogP contribution in [-0.4, -0.2) is 49.7 Å². The summed E-state index contributed by atoms with van der Waals surface area (Å²) in [5.74, 6) is 0.224. The molecule has 0 radical (unpaired) electrons. The van der Waals surface area contributed by atoms with Gasteiger partial charge in [-0.15, -0.1) is 0 Å². The topological polar surface area (TPSA) is 32.8 Å². The second-order valence-electron chi connectivity index (χ2n) is 6.54. The lowest BCUT2D eigenvalue weighted by molar-refractivity contribution is -0.134. The van der Waals surface area contributed by atoms with E-state index in [0.29, 0.717) is 12.5 Å². The number of ether oxygens (including phenoxy) is 1. The first kappa shape index (κ1) is 16.6. The average Bonchev–Trinajstić information content (AvgIpc) is 3.08. The second-order valence-corrected chi connectivity index (χ2v) is 6.97. The summed E-state index contributed by atoms with van der Waals surface area (Å²) >= 11 is 5.95. The maximum Gasteiger partial charge on any atom is 0.225 e. The standard InChI is InChI=1S/C18H25ClN2O2/c1-20(18(22)13-17-3-2-12-23-17)15-8-10-21(11-9-15)16-6-4-14(19)5-7-16/h4-7,15,17H,2-3,8-13H2,1H3/t17-/m1/s1. The molecule has 1 amide bonds. The molecule has 3 rings (SSSR count). The van der Waals surface area contributed by atoms with Crippen LogP contribution in [0, 0.1) is 0 Å². The number of hydrogen-bond acceptors (Lipinski definition) is 3. The SMILES string of the molecule is CN(C(=O)C[C@H]1CCCO1)C1CCN(c2ccc(Cl)cc2)CC1. The van der Waals surface area contributed by atoms with Gasteiger partial charge in [-0.25, -0.2) is 0 Å². The van der Waals surface area contributed by atoms with E-state index in [4.69, 9.17) is 16.3 Å². The van der Waals surface area contributed by atoms with Crippen molar-refractivity contribution in [2.45, 2.75) is 44.2 Å². The van der Waals surface area contributed by atoms with Crippen molar-refractivity contribution in [3.8, 4) is 0 Å². The van der Waals surface area contributed by atoms with Gasteiger partial charge in [0.1, 0.15) is 0 Å². The summed E-state index contributed by atoms with van der Waals surface area (Å²) in [6.07, 6.45) is 4.80. The molecule has 2 saturated heterocycles. The van der Waals surface area contributed by atoms with Crippen LogP contribution in [0.1, 0.15) is 32.1 Å². The van der Waals surface area contributed by atoms with Gasteiger partial charge in [0.2, 0.25) is 5.91 Å². The maximum atomic E-state index is 12.4. The molecule has 0 saturated carbocycles. The molecule has 126 valence electrons. The summed E-state index contributed by atoms with van der Waals surface area (Å²) in [4.78, 5) is 16.7. The van der Waals surface area contributed by atoms with E-state index >= 15 is 0 Å². The van der Waals surface area contributed by atoms with Crippen molar-refractivity contribution >= 4 is 23.2 Å². The maximum absolute atomic E-state index is 12.4. The van der Waals surface area contributed by atoms with Crippen LogP contribution in [0.3, 0.4) is 0 Å². The predicted octanol–water partition coefficient (Wildman–Crippen LogP) is 3.34. The van der Waals surface area contributed by atoms with Gasteiger partial charge in [-0.2, -0.15) is 0 Å². The first-order valence-electron chi connectivity index (χ1n) is 8.51. The summed E-state index contributed by atoms with van der Waals surface area (Å²) in [6, 6.07) is 8.33. The smallest absolute Gasteiger partial charge is 0.225 e. The number of hydrogen-bond donors (Lipinski definition) is 0. The van der Waals surface area contributed by atoms with Crippen LogP contribution in [0.4, 0.5) is 5.69 Å². The van der Waals surface area contributed by atoms with Gasteiger partial charge in [0.15, 0.2) is 0 Å². The van der Waals surface area contributed by atoms with Gasteiger partial charge in [-0.1, -0.05) is 11.6 Å². The molecule has 0 aliphatic carbocycles. The number of rotatable bonds is 4. The van der Waals surface area contributed by atoms with Crippen molar-refractivity contribution in [1.82, 2.24) is 4.90 Å². The highest BCUT2D eigenvalue weighted by atomic mass is 35.5. The van der Waals surface area contributed by atoms with Gasteiger partial charge in [0.05, 0.1) is 12.5 Å². The van der Waals surface area contributed by atoms with Gasteiger partial charge >= 0.3 is 0 Å². The van der Waals surface area contributed by atoms with Crippen molar-refractivity contribution in [2.75, 3.05) is 31.6 Å². The van der Waals surface area contributed by atoms with Gasteiger partial charge in [-0.05, 0) is 49.9 Å². The van der Waals surface area contributed by atoms with Crippen LogP contribution in [0.25, 0.3) is 0 Å². The molecule has 5 heteroatoms. The monoisotopic (exact) mass is 336 g/mol. The van der Waals surface area contributed by atoms with Gasteiger partial charge in [0, 0.05) is 43.5 Å². The molecule has 0 N–H and O–H groups in total. The summed E-state index contributed by atoms with van der Waals surface area (Å²) in [7, 11) is 1.94.